The summed E-state index contributed by atoms with van der Waals surface area (Å²) in [7, 11) is 0. The van der Waals surface area contributed by atoms with Gasteiger partial charge in [-0.3, -0.25) is 15.2 Å². The summed E-state index contributed by atoms with van der Waals surface area (Å²) in [5.74, 6) is 2.05. The molecule has 24 heavy (non-hydrogen) atoms. The third-order valence-corrected chi connectivity index (χ3v) is 4.53. The molecule has 3 rings (SSSR count). The predicted molar refractivity (Wildman–Crippen MR) is 88.8 cm³/mol. The van der Waals surface area contributed by atoms with E-state index in [1.807, 2.05) is 6.92 Å². The molecule has 0 amide bonds. The Hall–Kier alpha value is -2.48. The fraction of sp³-hybridized carbons (Fsp3) is 0.500. The summed E-state index contributed by atoms with van der Waals surface area (Å²) < 4.78 is 0. The number of benzene rings is 1. The topological polar surface area (TPSA) is 117 Å². The van der Waals surface area contributed by atoms with E-state index in [0.29, 0.717) is 17.2 Å². The lowest BCUT2D eigenvalue weighted by Gasteiger charge is -2.28. The predicted octanol–water partition coefficient (Wildman–Crippen LogP) is 2.65. The number of anilines is 1. The van der Waals surface area contributed by atoms with Crippen LogP contribution in [0.1, 0.15) is 48.8 Å². The monoisotopic (exact) mass is 331 g/mol. The van der Waals surface area contributed by atoms with Crippen molar-refractivity contribution in [3.05, 3.63) is 45.5 Å². The van der Waals surface area contributed by atoms with Crippen LogP contribution in [0.5, 0.6) is 0 Å². The molecule has 0 atom stereocenters. The van der Waals surface area contributed by atoms with E-state index in [4.69, 9.17) is 0 Å². The molecule has 1 aliphatic rings. The number of nitrogens with one attached hydrogen (secondary N) is 2. The smallest absolute Gasteiger partial charge is 0.292 e. The van der Waals surface area contributed by atoms with Gasteiger partial charge in [0.1, 0.15) is 17.3 Å². The summed E-state index contributed by atoms with van der Waals surface area (Å²) in [6.07, 6.45) is 3.73. The van der Waals surface area contributed by atoms with Gasteiger partial charge in [-0.25, -0.2) is 4.98 Å². The van der Waals surface area contributed by atoms with Gasteiger partial charge in [0.2, 0.25) is 0 Å². The van der Waals surface area contributed by atoms with E-state index in [9.17, 15) is 15.2 Å². The maximum atomic E-state index is 11.2. The van der Waals surface area contributed by atoms with Gasteiger partial charge in [0.05, 0.1) is 11.5 Å². The Labute approximate surface area is 139 Å². The average molecular weight is 331 g/mol. The van der Waals surface area contributed by atoms with E-state index in [2.05, 4.69) is 20.5 Å². The lowest BCUT2D eigenvalue weighted by molar-refractivity contribution is -0.384. The van der Waals surface area contributed by atoms with Gasteiger partial charge < -0.3 is 10.4 Å². The largest absolute Gasteiger partial charge is 0.392 e. The third-order valence-electron chi connectivity index (χ3n) is 4.53. The summed E-state index contributed by atoms with van der Waals surface area (Å²) in [5.41, 5.74) is 1.18. The number of hydrogen-bond donors (Lipinski definition) is 3. The SMILES string of the molecule is Cc1n[nH]c([C@H]2CC[C@@H](Nc3cc(CO)ccc3[N+](=O)[O-])CC2)n1. The number of nitro benzene ring substituents is 1. The Morgan fingerprint density at radius 3 is 2.71 bits per heavy atom. The zero-order chi connectivity index (χ0) is 17.1. The van der Waals surface area contributed by atoms with E-state index in [-0.39, 0.29) is 18.3 Å². The van der Waals surface area contributed by atoms with Crippen molar-refractivity contribution in [1.29, 1.82) is 0 Å². The van der Waals surface area contributed by atoms with E-state index in [1.165, 1.54) is 6.07 Å². The van der Waals surface area contributed by atoms with Crippen LogP contribution in [-0.2, 0) is 6.61 Å². The fourth-order valence-electron chi connectivity index (χ4n) is 3.23. The second kappa shape index (κ2) is 6.96. The first-order chi connectivity index (χ1) is 11.6. The molecule has 2 aromatic rings. The number of aliphatic hydroxyl groups is 1. The van der Waals surface area contributed by atoms with Crippen molar-refractivity contribution in [2.75, 3.05) is 5.32 Å². The Kier molecular flexibility index (Phi) is 4.75. The van der Waals surface area contributed by atoms with E-state index in [1.54, 1.807) is 12.1 Å². The summed E-state index contributed by atoms with van der Waals surface area (Å²) in [4.78, 5) is 15.2. The number of H-pyrrole nitrogens is 1. The molecular weight excluding hydrogens is 310 g/mol. The van der Waals surface area contributed by atoms with Crippen molar-refractivity contribution >= 4 is 11.4 Å². The van der Waals surface area contributed by atoms with Crippen LogP contribution in [0.4, 0.5) is 11.4 Å². The molecule has 0 saturated heterocycles. The molecule has 1 aromatic heterocycles. The standard InChI is InChI=1S/C16H21N5O3/c1-10-17-16(20-19-10)12-3-5-13(6-4-12)18-14-8-11(9-22)2-7-15(14)21(23)24/h2,7-8,12-13,18,22H,3-6,9H2,1H3,(H,17,19,20)/t12-,13+. The summed E-state index contributed by atoms with van der Waals surface area (Å²) in [6.45, 7) is 1.73. The number of nitrogens with zero attached hydrogens (tertiary/aromatic N) is 3. The number of aromatic nitrogens is 3. The Morgan fingerprint density at radius 2 is 2.12 bits per heavy atom. The van der Waals surface area contributed by atoms with Crippen molar-refractivity contribution < 1.29 is 10.0 Å². The first kappa shape index (κ1) is 16.4. The zero-order valence-corrected chi connectivity index (χ0v) is 13.5. The number of rotatable bonds is 5. The molecule has 0 radical (unpaired) electrons. The van der Waals surface area contributed by atoms with Crippen molar-refractivity contribution in [2.45, 2.75) is 51.2 Å². The minimum absolute atomic E-state index is 0.0418. The van der Waals surface area contributed by atoms with E-state index >= 15 is 0 Å². The van der Waals surface area contributed by atoms with E-state index < -0.39 is 4.92 Å². The van der Waals surface area contributed by atoms with Crippen LogP contribution in [0.15, 0.2) is 18.2 Å². The average Bonchev–Trinajstić information content (AvgIpc) is 3.01. The molecular formula is C16H21N5O3. The molecule has 8 nitrogen and oxygen atoms in total. The van der Waals surface area contributed by atoms with Crippen LogP contribution < -0.4 is 5.32 Å². The Balaban J connectivity index is 1.66. The third kappa shape index (κ3) is 3.53. The number of aryl methyl sites for hydroxylation is 1. The van der Waals surface area contributed by atoms with Gasteiger partial charge in [-0.05, 0) is 50.3 Å². The maximum absolute atomic E-state index is 11.2. The highest BCUT2D eigenvalue weighted by atomic mass is 16.6. The lowest BCUT2D eigenvalue weighted by Crippen LogP contribution is -2.26. The molecule has 0 spiro atoms. The number of hydrogen-bond acceptors (Lipinski definition) is 6. The molecule has 1 saturated carbocycles. The molecule has 8 heteroatoms. The molecule has 1 heterocycles. The van der Waals surface area contributed by atoms with Gasteiger partial charge in [0.25, 0.3) is 5.69 Å². The highest BCUT2D eigenvalue weighted by Gasteiger charge is 2.26. The fourth-order valence-corrected chi connectivity index (χ4v) is 3.23. The highest BCUT2D eigenvalue weighted by Crippen LogP contribution is 2.34. The Morgan fingerprint density at radius 1 is 1.38 bits per heavy atom. The van der Waals surface area contributed by atoms with Crippen LogP contribution in [0.2, 0.25) is 0 Å². The quantitative estimate of drug-likeness (QED) is 0.573. The zero-order valence-electron chi connectivity index (χ0n) is 13.5. The van der Waals surface area contributed by atoms with Gasteiger partial charge >= 0.3 is 0 Å². The van der Waals surface area contributed by atoms with Crippen molar-refractivity contribution in [2.24, 2.45) is 0 Å². The molecule has 0 aliphatic heterocycles. The Bertz CT molecular complexity index is 722. The second-order valence-corrected chi connectivity index (χ2v) is 6.23. The van der Waals surface area contributed by atoms with Gasteiger partial charge in [-0.1, -0.05) is 0 Å². The number of aliphatic hydroxyl groups excluding tert-OH is 1. The van der Waals surface area contributed by atoms with Gasteiger partial charge in [0, 0.05) is 18.0 Å². The normalized spacial score (nSPS) is 20.8. The summed E-state index contributed by atoms with van der Waals surface area (Å²) in [5, 5.41) is 30.8. The summed E-state index contributed by atoms with van der Waals surface area (Å²) in [6, 6.07) is 4.85. The van der Waals surface area contributed by atoms with Crippen molar-refractivity contribution in [3.63, 3.8) is 0 Å². The minimum Gasteiger partial charge on any atom is -0.392 e. The molecule has 1 fully saturated rings. The highest BCUT2D eigenvalue weighted by molar-refractivity contribution is 5.63. The first-order valence-corrected chi connectivity index (χ1v) is 8.10. The van der Waals surface area contributed by atoms with Gasteiger partial charge in [-0.15, -0.1) is 0 Å². The number of nitro groups is 1. The lowest BCUT2D eigenvalue weighted by atomic mass is 9.85. The molecule has 0 bridgehead atoms. The first-order valence-electron chi connectivity index (χ1n) is 8.10. The van der Waals surface area contributed by atoms with Crippen molar-refractivity contribution in [3.8, 4) is 0 Å². The molecule has 3 N–H and O–H groups in total. The van der Waals surface area contributed by atoms with Crippen LogP contribution in [0.3, 0.4) is 0 Å². The minimum atomic E-state index is -0.396. The van der Waals surface area contributed by atoms with Gasteiger partial charge in [0.15, 0.2) is 0 Å². The molecule has 0 unspecified atom stereocenters. The van der Waals surface area contributed by atoms with Crippen molar-refractivity contribution in [1.82, 2.24) is 15.2 Å². The van der Waals surface area contributed by atoms with E-state index in [0.717, 1.165) is 37.3 Å². The maximum Gasteiger partial charge on any atom is 0.292 e. The molecule has 128 valence electrons. The van der Waals surface area contributed by atoms with Crippen LogP contribution in [-0.4, -0.2) is 31.3 Å². The summed E-state index contributed by atoms with van der Waals surface area (Å²) >= 11 is 0. The van der Waals surface area contributed by atoms with Crippen LogP contribution >= 0.6 is 0 Å². The van der Waals surface area contributed by atoms with Gasteiger partial charge in [-0.2, -0.15) is 5.10 Å². The number of aromatic amines is 1. The van der Waals surface area contributed by atoms with Crippen LogP contribution in [0.25, 0.3) is 0 Å². The van der Waals surface area contributed by atoms with Crippen LogP contribution in [0, 0.1) is 17.0 Å². The second-order valence-electron chi connectivity index (χ2n) is 6.23. The molecule has 1 aromatic carbocycles. The molecule has 1 aliphatic carbocycles.